The van der Waals surface area contributed by atoms with Gasteiger partial charge in [-0.3, -0.25) is 0 Å². The number of phenols is 1. The van der Waals surface area contributed by atoms with Gasteiger partial charge in [0.25, 0.3) is 0 Å². The van der Waals surface area contributed by atoms with Crippen molar-refractivity contribution in [2.75, 3.05) is 5.73 Å². The van der Waals surface area contributed by atoms with Crippen molar-refractivity contribution < 1.29 is 9.84 Å². The van der Waals surface area contributed by atoms with Crippen LogP contribution in [0.4, 0.5) is 5.69 Å². The zero-order chi connectivity index (χ0) is 17.2. The van der Waals surface area contributed by atoms with Crippen LogP contribution in [0.25, 0.3) is 0 Å². The predicted octanol–water partition coefficient (Wildman–Crippen LogP) is 5.09. The highest BCUT2D eigenvalue weighted by Crippen LogP contribution is 2.33. The third-order valence-corrected chi connectivity index (χ3v) is 4.28. The van der Waals surface area contributed by atoms with Crippen molar-refractivity contribution in [2.45, 2.75) is 19.3 Å². The normalized spacial score (nSPS) is 11.2. The van der Waals surface area contributed by atoms with Gasteiger partial charge in [0.05, 0.1) is 0 Å². The fourth-order valence-electron chi connectivity index (χ4n) is 2.66. The van der Waals surface area contributed by atoms with Gasteiger partial charge in [-0.25, -0.2) is 0 Å². The number of hydrogen-bond donors (Lipinski definition) is 2. The molecule has 0 saturated heterocycles. The van der Waals surface area contributed by atoms with Crippen LogP contribution in [0.15, 0.2) is 72.8 Å². The van der Waals surface area contributed by atoms with Crippen LogP contribution in [0.2, 0.25) is 0 Å². The fraction of sp³-hybridized carbons (Fsp3) is 0.143. The number of hydrogen-bond acceptors (Lipinski definition) is 3. The van der Waals surface area contributed by atoms with E-state index in [-0.39, 0.29) is 11.2 Å². The van der Waals surface area contributed by atoms with Gasteiger partial charge in [0.15, 0.2) is 0 Å². The molecule has 0 bridgehead atoms. The predicted molar refractivity (Wildman–Crippen MR) is 97.6 cm³/mol. The molecular formula is C21H21NO2. The minimum absolute atomic E-state index is 0.159. The molecule has 3 nitrogen and oxygen atoms in total. The lowest BCUT2D eigenvalue weighted by Gasteiger charge is -2.26. The van der Waals surface area contributed by atoms with E-state index in [0.29, 0.717) is 5.69 Å². The fourth-order valence-corrected chi connectivity index (χ4v) is 2.66. The number of nitrogens with two attached hydrogens (primary N) is 1. The molecule has 0 amide bonds. The van der Waals surface area contributed by atoms with Gasteiger partial charge in [-0.2, -0.15) is 0 Å². The first-order chi connectivity index (χ1) is 11.4. The summed E-state index contributed by atoms with van der Waals surface area (Å²) in [6.45, 7) is 4.32. The molecule has 0 fully saturated rings. The summed E-state index contributed by atoms with van der Waals surface area (Å²) in [5.74, 6) is 1.82. The Kier molecular flexibility index (Phi) is 4.17. The van der Waals surface area contributed by atoms with Crippen molar-refractivity contribution >= 4 is 5.69 Å². The first kappa shape index (κ1) is 15.9. The molecule has 3 rings (SSSR count). The Bertz CT molecular complexity index is 804. The molecule has 3 heteroatoms. The van der Waals surface area contributed by atoms with Gasteiger partial charge in [-0.1, -0.05) is 38.1 Å². The zero-order valence-electron chi connectivity index (χ0n) is 13.9. The summed E-state index contributed by atoms with van der Waals surface area (Å²) in [6.07, 6.45) is 0. The number of phenolic OH excluding ortho intramolecular Hbond substituents is 1. The number of benzene rings is 3. The summed E-state index contributed by atoms with van der Waals surface area (Å²) in [4.78, 5) is 0. The summed E-state index contributed by atoms with van der Waals surface area (Å²) in [7, 11) is 0. The van der Waals surface area contributed by atoms with E-state index in [1.54, 1.807) is 12.1 Å². The van der Waals surface area contributed by atoms with Gasteiger partial charge < -0.3 is 15.6 Å². The first-order valence-electron chi connectivity index (χ1n) is 7.88. The third-order valence-electron chi connectivity index (χ3n) is 4.28. The molecule has 0 aromatic heterocycles. The molecule has 3 aromatic carbocycles. The maximum atomic E-state index is 9.46. The zero-order valence-corrected chi connectivity index (χ0v) is 13.9. The molecule has 3 N–H and O–H groups in total. The Morgan fingerprint density at radius 1 is 0.708 bits per heavy atom. The van der Waals surface area contributed by atoms with Crippen molar-refractivity contribution in [3.8, 4) is 17.2 Å². The molecule has 3 aromatic rings. The second-order valence-electron chi connectivity index (χ2n) is 6.37. The Hall–Kier alpha value is -2.94. The topological polar surface area (TPSA) is 55.5 Å². The Balaban J connectivity index is 1.80. The van der Waals surface area contributed by atoms with E-state index in [4.69, 9.17) is 10.5 Å². The van der Waals surface area contributed by atoms with Crippen LogP contribution in [0.5, 0.6) is 17.2 Å². The van der Waals surface area contributed by atoms with Crippen LogP contribution in [-0.2, 0) is 5.41 Å². The number of nitrogen functional groups attached to an aromatic ring is 1. The number of anilines is 1. The number of rotatable bonds is 4. The van der Waals surface area contributed by atoms with Crippen LogP contribution in [0.1, 0.15) is 25.0 Å². The minimum atomic E-state index is -0.159. The van der Waals surface area contributed by atoms with E-state index in [1.807, 2.05) is 48.5 Å². The van der Waals surface area contributed by atoms with Crippen LogP contribution >= 0.6 is 0 Å². The largest absolute Gasteiger partial charge is 0.508 e. The Morgan fingerprint density at radius 3 is 1.62 bits per heavy atom. The van der Waals surface area contributed by atoms with Crippen LogP contribution in [0.3, 0.4) is 0 Å². The van der Waals surface area contributed by atoms with E-state index >= 15 is 0 Å². The lowest BCUT2D eigenvalue weighted by molar-refractivity contribution is 0.474. The number of aromatic hydroxyl groups is 1. The monoisotopic (exact) mass is 319 g/mol. The van der Waals surface area contributed by atoms with Crippen molar-refractivity contribution in [1.82, 2.24) is 0 Å². The van der Waals surface area contributed by atoms with Crippen molar-refractivity contribution in [1.29, 1.82) is 0 Å². The second-order valence-corrected chi connectivity index (χ2v) is 6.37. The second kappa shape index (κ2) is 6.28. The van der Waals surface area contributed by atoms with Gasteiger partial charge >= 0.3 is 0 Å². The highest BCUT2D eigenvalue weighted by Gasteiger charge is 2.23. The summed E-state index contributed by atoms with van der Waals surface area (Å²) in [5.41, 5.74) is 8.56. The summed E-state index contributed by atoms with van der Waals surface area (Å²) in [6, 6.07) is 22.7. The molecule has 0 aliphatic rings. The molecular weight excluding hydrogens is 298 g/mol. The lowest BCUT2D eigenvalue weighted by Crippen LogP contribution is -2.18. The third kappa shape index (κ3) is 3.35. The van der Waals surface area contributed by atoms with Crippen molar-refractivity contribution in [3.05, 3.63) is 83.9 Å². The van der Waals surface area contributed by atoms with Crippen LogP contribution < -0.4 is 10.5 Å². The standard InChI is InChI=1S/C21H21NO2/c1-21(2,15-3-9-18(23)10-4-15)16-5-11-19(12-6-16)24-20-13-7-17(22)8-14-20/h3-14,23H,22H2,1-2H3. The maximum Gasteiger partial charge on any atom is 0.127 e. The van der Waals surface area contributed by atoms with Gasteiger partial charge in [-0.15, -0.1) is 0 Å². The van der Waals surface area contributed by atoms with Crippen molar-refractivity contribution in [2.24, 2.45) is 0 Å². The molecule has 0 unspecified atom stereocenters. The number of ether oxygens (including phenoxy) is 1. The van der Waals surface area contributed by atoms with E-state index in [0.717, 1.165) is 17.1 Å². The highest BCUT2D eigenvalue weighted by molar-refractivity contribution is 5.45. The average molecular weight is 319 g/mol. The van der Waals surface area contributed by atoms with Gasteiger partial charge in [0.1, 0.15) is 17.2 Å². The average Bonchev–Trinajstić information content (AvgIpc) is 2.58. The molecule has 0 aliphatic heterocycles. The van der Waals surface area contributed by atoms with E-state index < -0.39 is 0 Å². The van der Waals surface area contributed by atoms with E-state index in [2.05, 4.69) is 26.0 Å². The van der Waals surface area contributed by atoms with Gasteiger partial charge in [0.2, 0.25) is 0 Å². The molecule has 122 valence electrons. The van der Waals surface area contributed by atoms with Crippen LogP contribution in [0, 0.1) is 0 Å². The lowest BCUT2D eigenvalue weighted by atomic mass is 9.78. The quantitative estimate of drug-likeness (QED) is 0.658. The maximum absolute atomic E-state index is 9.46. The van der Waals surface area contributed by atoms with Gasteiger partial charge in [-0.05, 0) is 59.7 Å². The van der Waals surface area contributed by atoms with E-state index in [9.17, 15) is 5.11 Å². The van der Waals surface area contributed by atoms with Crippen LogP contribution in [-0.4, -0.2) is 5.11 Å². The summed E-state index contributed by atoms with van der Waals surface area (Å²) in [5, 5.41) is 9.46. The SMILES string of the molecule is CC(C)(c1ccc(O)cc1)c1ccc(Oc2ccc(N)cc2)cc1. The smallest absolute Gasteiger partial charge is 0.127 e. The van der Waals surface area contributed by atoms with Crippen molar-refractivity contribution in [3.63, 3.8) is 0 Å². The Morgan fingerprint density at radius 2 is 1.12 bits per heavy atom. The van der Waals surface area contributed by atoms with E-state index in [1.165, 1.54) is 5.56 Å². The molecule has 24 heavy (non-hydrogen) atoms. The first-order valence-corrected chi connectivity index (χ1v) is 7.88. The molecule has 0 radical (unpaired) electrons. The molecule has 0 atom stereocenters. The molecule has 0 heterocycles. The molecule has 0 spiro atoms. The highest BCUT2D eigenvalue weighted by atomic mass is 16.5. The molecule has 0 saturated carbocycles. The Labute approximate surface area is 142 Å². The van der Waals surface area contributed by atoms with Gasteiger partial charge in [0, 0.05) is 11.1 Å². The summed E-state index contributed by atoms with van der Waals surface area (Å²) < 4.78 is 5.83. The molecule has 0 aliphatic carbocycles. The summed E-state index contributed by atoms with van der Waals surface area (Å²) >= 11 is 0. The minimum Gasteiger partial charge on any atom is -0.508 e.